The lowest BCUT2D eigenvalue weighted by Gasteiger charge is -2.10. The second kappa shape index (κ2) is 6.95. The van der Waals surface area contributed by atoms with Crippen LogP contribution in [0.4, 0.5) is 0 Å². The van der Waals surface area contributed by atoms with Crippen molar-refractivity contribution in [2.75, 3.05) is 20.8 Å². The molecule has 1 N–H and O–H groups in total. The number of aromatic nitrogens is 4. The van der Waals surface area contributed by atoms with Gasteiger partial charge < -0.3 is 14.8 Å². The zero-order valence-electron chi connectivity index (χ0n) is 13.4. The number of carbonyl (C=O) groups excluding carboxylic acids is 1. The van der Waals surface area contributed by atoms with Gasteiger partial charge in [-0.2, -0.15) is 4.52 Å². The number of hydrogen-bond acceptors (Lipinski definition) is 6. The fraction of sp³-hybridized carbons (Fsp3) is 0.250. The van der Waals surface area contributed by atoms with Crippen LogP contribution in [-0.2, 0) is 6.42 Å². The minimum absolute atomic E-state index is 0.173. The normalized spacial score (nSPS) is 10.6. The van der Waals surface area contributed by atoms with Gasteiger partial charge in [0, 0.05) is 12.7 Å². The fourth-order valence-corrected chi connectivity index (χ4v) is 2.33. The Morgan fingerprint density at radius 2 is 2.00 bits per heavy atom. The summed E-state index contributed by atoms with van der Waals surface area (Å²) in [6, 6.07) is 9.08. The summed E-state index contributed by atoms with van der Waals surface area (Å²) in [5.41, 5.74) is 2.14. The van der Waals surface area contributed by atoms with Gasteiger partial charge in [0.1, 0.15) is 0 Å². The van der Waals surface area contributed by atoms with Crippen molar-refractivity contribution in [2.24, 2.45) is 0 Å². The van der Waals surface area contributed by atoms with Gasteiger partial charge in [0.05, 0.1) is 19.8 Å². The van der Waals surface area contributed by atoms with Crippen molar-refractivity contribution in [1.29, 1.82) is 0 Å². The molecule has 2 aromatic heterocycles. The van der Waals surface area contributed by atoms with Gasteiger partial charge in [-0.3, -0.25) is 4.79 Å². The molecule has 0 aliphatic rings. The highest BCUT2D eigenvalue weighted by Gasteiger charge is 2.08. The van der Waals surface area contributed by atoms with E-state index in [1.54, 1.807) is 32.5 Å². The molecule has 3 aromatic rings. The molecule has 0 spiro atoms. The number of amides is 1. The minimum Gasteiger partial charge on any atom is -0.493 e. The molecule has 0 saturated carbocycles. The Bertz CT molecular complexity index is 862. The van der Waals surface area contributed by atoms with E-state index >= 15 is 0 Å². The summed E-state index contributed by atoms with van der Waals surface area (Å²) in [5, 5.41) is 14.0. The molecule has 0 atom stereocenters. The van der Waals surface area contributed by atoms with Crippen molar-refractivity contribution in [1.82, 2.24) is 25.4 Å². The predicted molar refractivity (Wildman–Crippen MR) is 86.4 cm³/mol. The predicted octanol–water partition coefficient (Wildman–Crippen LogP) is 1.11. The highest BCUT2D eigenvalue weighted by atomic mass is 16.5. The second-order valence-corrected chi connectivity index (χ2v) is 5.09. The molecule has 0 fully saturated rings. The average molecular weight is 327 g/mol. The Hall–Kier alpha value is -3.16. The number of methoxy groups -OCH3 is 2. The number of ether oxygens (including phenoxy) is 2. The molecule has 8 nitrogen and oxygen atoms in total. The Morgan fingerprint density at radius 1 is 1.17 bits per heavy atom. The number of nitrogens with one attached hydrogen (secondary N) is 1. The number of carbonyl (C=O) groups is 1. The van der Waals surface area contributed by atoms with E-state index in [0.717, 1.165) is 5.56 Å². The number of tetrazole rings is 1. The summed E-state index contributed by atoms with van der Waals surface area (Å²) < 4.78 is 11.9. The Labute approximate surface area is 138 Å². The molecule has 0 aliphatic carbocycles. The first-order valence-electron chi connectivity index (χ1n) is 7.38. The monoisotopic (exact) mass is 327 g/mol. The summed E-state index contributed by atoms with van der Waals surface area (Å²) in [6.07, 6.45) is 2.28. The maximum atomic E-state index is 12.2. The second-order valence-electron chi connectivity index (χ2n) is 5.09. The molecule has 1 amide bonds. The summed E-state index contributed by atoms with van der Waals surface area (Å²) in [5.74, 6) is 1.18. The molecule has 1 aromatic carbocycles. The summed E-state index contributed by atoms with van der Waals surface area (Å²) >= 11 is 0. The Balaban J connectivity index is 1.60. The van der Waals surface area contributed by atoms with Gasteiger partial charge in [-0.1, -0.05) is 6.07 Å². The smallest absolute Gasteiger partial charge is 0.252 e. The van der Waals surface area contributed by atoms with Crippen LogP contribution in [0.5, 0.6) is 11.5 Å². The largest absolute Gasteiger partial charge is 0.493 e. The third kappa shape index (κ3) is 3.27. The number of pyridine rings is 1. The summed E-state index contributed by atoms with van der Waals surface area (Å²) in [4.78, 5) is 12.2. The van der Waals surface area contributed by atoms with Crippen molar-refractivity contribution >= 4 is 11.6 Å². The lowest BCUT2D eigenvalue weighted by Crippen LogP contribution is -2.26. The molecule has 2 heterocycles. The Kier molecular flexibility index (Phi) is 4.55. The van der Waals surface area contributed by atoms with Crippen LogP contribution in [0.3, 0.4) is 0 Å². The van der Waals surface area contributed by atoms with Gasteiger partial charge in [-0.25, -0.2) is 0 Å². The van der Waals surface area contributed by atoms with Crippen LogP contribution in [0.1, 0.15) is 15.9 Å². The first-order valence-corrected chi connectivity index (χ1v) is 7.38. The Morgan fingerprint density at radius 3 is 2.79 bits per heavy atom. The third-order valence-corrected chi connectivity index (χ3v) is 3.60. The third-order valence-electron chi connectivity index (χ3n) is 3.60. The zero-order chi connectivity index (χ0) is 16.9. The molecular weight excluding hydrogens is 310 g/mol. The number of nitrogens with zero attached hydrogens (tertiary/aromatic N) is 4. The molecule has 3 rings (SSSR count). The first-order chi connectivity index (χ1) is 11.7. The van der Waals surface area contributed by atoms with E-state index in [1.807, 2.05) is 18.2 Å². The standard InChI is InChI=1S/C16H17N5O3/c1-23-13-5-3-11(9-14(13)24-2)7-8-17-16(22)12-4-6-15-18-19-20-21(15)10-12/h3-6,9-10H,7-8H2,1-2H3,(H,17,22). The van der Waals surface area contributed by atoms with Gasteiger partial charge in [-0.15, -0.1) is 5.10 Å². The van der Waals surface area contributed by atoms with Crippen molar-refractivity contribution in [2.45, 2.75) is 6.42 Å². The highest BCUT2D eigenvalue weighted by Crippen LogP contribution is 2.27. The topological polar surface area (TPSA) is 90.6 Å². The van der Waals surface area contributed by atoms with Gasteiger partial charge in [-0.05, 0) is 46.7 Å². The number of hydrogen-bond donors (Lipinski definition) is 1. The fourth-order valence-electron chi connectivity index (χ4n) is 2.33. The molecular formula is C16H17N5O3. The SMILES string of the molecule is COc1ccc(CCNC(=O)c2ccc3nnnn3c2)cc1OC. The maximum absolute atomic E-state index is 12.2. The van der Waals surface area contributed by atoms with Crippen LogP contribution >= 0.6 is 0 Å². The number of rotatable bonds is 6. The zero-order valence-corrected chi connectivity index (χ0v) is 13.4. The molecule has 124 valence electrons. The van der Waals surface area contributed by atoms with E-state index < -0.39 is 0 Å². The maximum Gasteiger partial charge on any atom is 0.252 e. The van der Waals surface area contributed by atoms with E-state index in [4.69, 9.17) is 9.47 Å². The van der Waals surface area contributed by atoms with Crippen LogP contribution in [0.15, 0.2) is 36.5 Å². The quantitative estimate of drug-likeness (QED) is 0.729. The van der Waals surface area contributed by atoms with E-state index in [-0.39, 0.29) is 5.91 Å². The first kappa shape index (κ1) is 15.7. The van der Waals surface area contributed by atoms with Crippen LogP contribution in [-0.4, -0.2) is 46.7 Å². The van der Waals surface area contributed by atoms with Gasteiger partial charge in [0.25, 0.3) is 5.91 Å². The summed E-state index contributed by atoms with van der Waals surface area (Å²) in [7, 11) is 3.19. The van der Waals surface area contributed by atoms with Crippen LogP contribution in [0, 0.1) is 0 Å². The molecule has 0 unspecified atom stereocenters. The van der Waals surface area contributed by atoms with Crippen molar-refractivity contribution in [3.63, 3.8) is 0 Å². The van der Waals surface area contributed by atoms with Gasteiger partial charge in [0.15, 0.2) is 17.1 Å². The molecule has 0 saturated heterocycles. The van der Waals surface area contributed by atoms with Crippen LogP contribution in [0.2, 0.25) is 0 Å². The van der Waals surface area contributed by atoms with Crippen LogP contribution in [0.25, 0.3) is 5.65 Å². The molecule has 0 aliphatic heterocycles. The summed E-state index contributed by atoms with van der Waals surface area (Å²) in [6.45, 7) is 0.502. The van der Waals surface area contributed by atoms with E-state index in [9.17, 15) is 4.79 Å². The van der Waals surface area contributed by atoms with Crippen molar-refractivity contribution in [3.8, 4) is 11.5 Å². The number of fused-ring (bicyclic) bond motifs is 1. The van der Waals surface area contributed by atoms with E-state index in [0.29, 0.717) is 35.7 Å². The minimum atomic E-state index is -0.173. The number of benzene rings is 1. The van der Waals surface area contributed by atoms with Crippen molar-refractivity contribution in [3.05, 3.63) is 47.7 Å². The lowest BCUT2D eigenvalue weighted by molar-refractivity contribution is 0.0953. The molecule has 0 bridgehead atoms. The molecule has 0 radical (unpaired) electrons. The molecule has 24 heavy (non-hydrogen) atoms. The van der Waals surface area contributed by atoms with Crippen LogP contribution < -0.4 is 14.8 Å². The highest BCUT2D eigenvalue weighted by molar-refractivity contribution is 5.94. The lowest BCUT2D eigenvalue weighted by atomic mass is 10.1. The van der Waals surface area contributed by atoms with Crippen molar-refractivity contribution < 1.29 is 14.3 Å². The van der Waals surface area contributed by atoms with Gasteiger partial charge in [0.2, 0.25) is 0 Å². The van der Waals surface area contributed by atoms with Gasteiger partial charge >= 0.3 is 0 Å². The molecule has 8 heteroatoms. The van der Waals surface area contributed by atoms with E-state index in [2.05, 4.69) is 20.8 Å². The van der Waals surface area contributed by atoms with E-state index in [1.165, 1.54) is 4.52 Å². The average Bonchev–Trinajstić information content (AvgIpc) is 3.09.